The van der Waals surface area contributed by atoms with Crippen LogP contribution < -0.4 is 5.32 Å². The molecule has 1 atom stereocenters. The number of aliphatic carboxylic acids is 1. The molecule has 1 aliphatic carbocycles. The number of carbonyl (C=O) groups excluding carboxylic acids is 1. The van der Waals surface area contributed by atoms with Crippen LogP contribution in [-0.4, -0.2) is 44.0 Å². The van der Waals surface area contributed by atoms with Crippen molar-refractivity contribution in [3.8, 4) is 0 Å². The monoisotopic (exact) mass is 455 g/mol. The number of hydrogen-bond donors (Lipinski definition) is 2. The quantitative estimate of drug-likeness (QED) is 0.292. The number of carboxylic acid groups (broad SMARTS) is 1. The van der Waals surface area contributed by atoms with Crippen molar-refractivity contribution in [2.45, 2.75) is 68.3 Å². The molecular formula is C20H33NO3Sn. The molecule has 0 fully saturated rings. The molecule has 2 radical (unpaired) electrons. The van der Waals surface area contributed by atoms with E-state index < -0.39 is 12.0 Å². The summed E-state index contributed by atoms with van der Waals surface area (Å²) in [6.45, 7) is 8.20. The van der Waals surface area contributed by atoms with Crippen LogP contribution in [0.2, 0.25) is 8.87 Å². The van der Waals surface area contributed by atoms with E-state index in [0.29, 0.717) is 5.57 Å². The molecule has 0 aromatic carbocycles. The number of carbonyl (C=O) groups is 2. The molecule has 2 N–H and O–H groups in total. The number of unbranched alkanes of at least 4 members (excludes halogenated alkanes) is 2. The molecule has 0 heterocycles. The second kappa shape index (κ2) is 15.2. The summed E-state index contributed by atoms with van der Waals surface area (Å²) in [6, 6.07) is -0.681. The minimum absolute atomic E-state index is 0.0486. The first-order valence-corrected chi connectivity index (χ1v) is 13.3. The van der Waals surface area contributed by atoms with Crippen LogP contribution in [0.15, 0.2) is 36.1 Å². The third kappa shape index (κ3) is 12.0. The molecule has 0 aliphatic heterocycles. The van der Waals surface area contributed by atoms with E-state index in [2.05, 4.69) is 19.2 Å². The topological polar surface area (TPSA) is 66.4 Å². The van der Waals surface area contributed by atoms with Crippen molar-refractivity contribution in [1.82, 2.24) is 5.32 Å². The number of carboxylic acids is 1. The molecule has 0 saturated heterocycles. The number of nitrogens with one attached hydrogen (secondary N) is 1. The van der Waals surface area contributed by atoms with Gasteiger partial charge in [0.15, 0.2) is 5.78 Å². The fourth-order valence-electron chi connectivity index (χ4n) is 2.06. The van der Waals surface area contributed by atoms with Gasteiger partial charge in [0.1, 0.15) is 6.04 Å². The summed E-state index contributed by atoms with van der Waals surface area (Å²) in [5, 5.41) is 11.7. The predicted octanol–water partition coefficient (Wildman–Crippen LogP) is 4.39. The zero-order valence-corrected chi connectivity index (χ0v) is 18.9. The van der Waals surface area contributed by atoms with Gasteiger partial charge < -0.3 is 10.4 Å². The molecule has 0 bridgehead atoms. The van der Waals surface area contributed by atoms with E-state index in [9.17, 15) is 9.59 Å². The third-order valence-corrected chi connectivity index (χ3v) is 7.72. The average molecular weight is 454 g/mol. The first-order valence-electron chi connectivity index (χ1n) is 9.22. The molecule has 0 aromatic rings. The van der Waals surface area contributed by atoms with Crippen molar-refractivity contribution < 1.29 is 14.7 Å². The van der Waals surface area contributed by atoms with E-state index in [1.165, 1.54) is 38.0 Å². The first-order chi connectivity index (χ1) is 11.9. The van der Waals surface area contributed by atoms with E-state index in [-0.39, 0.29) is 32.8 Å². The summed E-state index contributed by atoms with van der Waals surface area (Å²) >= 11 is 0.149. The van der Waals surface area contributed by atoms with Crippen LogP contribution in [0.4, 0.5) is 0 Å². The Morgan fingerprint density at radius 2 is 1.72 bits per heavy atom. The van der Waals surface area contributed by atoms with Gasteiger partial charge in [-0.25, -0.2) is 4.79 Å². The van der Waals surface area contributed by atoms with Crippen molar-refractivity contribution in [2.24, 2.45) is 5.92 Å². The van der Waals surface area contributed by atoms with Crippen LogP contribution in [0.3, 0.4) is 0 Å². The van der Waals surface area contributed by atoms with Gasteiger partial charge in [-0.1, -0.05) is 26.0 Å². The van der Waals surface area contributed by atoms with E-state index in [0.717, 1.165) is 0 Å². The second-order valence-corrected chi connectivity index (χ2v) is 10.6. The third-order valence-electron chi connectivity index (χ3n) is 3.68. The maximum atomic E-state index is 11.4. The van der Waals surface area contributed by atoms with Gasteiger partial charge in [-0.05, 0) is 18.1 Å². The Kier molecular flexibility index (Phi) is 14.6. The summed E-state index contributed by atoms with van der Waals surface area (Å²) < 4.78 is 3.25. The van der Waals surface area contributed by atoms with Crippen molar-refractivity contribution in [1.29, 1.82) is 0 Å². The first kappa shape index (κ1) is 24.0. The van der Waals surface area contributed by atoms with E-state index in [1.807, 2.05) is 13.8 Å². The van der Waals surface area contributed by atoms with E-state index in [1.54, 1.807) is 27.1 Å². The number of ketones is 1. The molecule has 4 nitrogen and oxygen atoms in total. The Morgan fingerprint density at radius 3 is 2.16 bits per heavy atom. The van der Waals surface area contributed by atoms with Crippen LogP contribution in [0.5, 0.6) is 0 Å². The number of rotatable bonds is 10. The molecular weight excluding hydrogens is 421 g/mol. The van der Waals surface area contributed by atoms with Gasteiger partial charge in [-0.15, -0.1) is 0 Å². The van der Waals surface area contributed by atoms with Gasteiger partial charge in [0.2, 0.25) is 0 Å². The molecule has 25 heavy (non-hydrogen) atoms. The molecule has 0 amide bonds. The Balaban J connectivity index is 0.000000547. The SMILES string of the molecule is CC(C)C(NC=C1C=CC=CC1=O)C(=O)O.CCC[CH2][Sn][CH2]CCC. The van der Waals surface area contributed by atoms with E-state index >= 15 is 0 Å². The zero-order valence-electron chi connectivity index (χ0n) is 16.0. The maximum absolute atomic E-state index is 11.4. The summed E-state index contributed by atoms with van der Waals surface area (Å²) in [5.74, 6) is -1.09. The molecule has 1 rings (SSSR count). The summed E-state index contributed by atoms with van der Waals surface area (Å²) in [6.07, 6.45) is 13.8. The summed E-state index contributed by atoms with van der Waals surface area (Å²) in [5.41, 5.74) is 0.467. The van der Waals surface area contributed by atoms with E-state index in [4.69, 9.17) is 5.11 Å². The van der Waals surface area contributed by atoms with Gasteiger partial charge in [-0.3, -0.25) is 4.79 Å². The second-order valence-electron chi connectivity index (χ2n) is 6.37. The van der Waals surface area contributed by atoms with Crippen LogP contribution in [0.25, 0.3) is 0 Å². The Bertz CT molecular complexity index is 475. The molecule has 1 aliphatic rings. The fourth-order valence-corrected chi connectivity index (χ4v) is 6.22. The van der Waals surface area contributed by atoms with Crippen LogP contribution in [0, 0.1) is 5.92 Å². The van der Waals surface area contributed by atoms with Gasteiger partial charge in [-0.2, -0.15) is 0 Å². The van der Waals surface area contributed by atoms with Gasteiger partial charge in [0.05, 0.1) is 0 Å². The molecule has 0 aromatic heterocycles. The molecule has 5 heteroatoms. The van der Waals surface area contributed by atoms with Gasteiger partial charge in [0, 0.05) is 11.8 Å². The van der Waals surface area contributed by atoms with Crippen molar-refractivity contribution in [3.63, 3.8) is 0 Å². The van der Waals surface area contributed by atoms with Crippen molar-refractivity contribution >= 4 is 32.9 Å². The van der Waals surface area contributed by atoms with Crippen molar-refractivity contribution in [3.05, 3.63) is 36.1 Å². The predicted molar refractivity (Wildman–Crippen MR) is 106 cm³/mol. The van der Waals surface area contributed by atoms with Crippen LogP contribution in [0.1, 0.15) is 53.4 Å². The van der Waals surface area contributed by atoms with Crippen molar-refractivity contribution in [2.75, 3.05) is 0 Å². The molecule has 1 unspecified atom stereocenters. The Morgan fingerprint density at radius 1 is 1.16 bits per heavy atom. The molecule has 140 valence electrons. The standard InChI is InChI=1S/C12H15NO3.2C4H9.Sn/c1-8(2)11(12(15)16)13-7-9-5-3-4-6-10(9)14;2*1-3-4-2;/h3-8,11,13H,1-2H3,(H,15,16);2*1,3-4H2,2H3;. The minimum atomic E-state index is -0.922. The Labute approximate surface area is 163 Å². The Hall–Kier alpha value is -1.04. The van der Waals surface area contributed by atoms with Gasteiger partial charge >= 0.3 is 75.5 Å². The zero-order chi connectivity index (χ0) is 19.1. The molecule has 0 spiro atoms. The summed E-state index contributed by atoms with van der Waals surface area (Å²) in [7, 11) is 0. The summed E-state index contributed by atoms with van der Waals surface area (Å²) in [4.78, 5) is 22.2. The van der Waals surface area contributed by atoms with Gasteiger partial charge in [0.25, 0.3) is 0 Å². The normalized spacial score (nSPS) is 15.9. The number of allylic oxidation sites excluding steroid dienone is 5. The average Bonchev–Trinajstić information content (AvgIpc) is 2.56. The van der Waals surface area contributed by atoms with Crippen LogP contribution in [-0.2, 0) is 9.59 Å². The fraction of sp³-hybridized carbons (Fsp3) is 0.600. The van der Waals surface area contributed by atoms with Crippen LogP contribution >= 0.6 is 0 Å². The molecule has 0 saturated carbocycles. The number of hydrogen-bond acceptors (Lipinski definition) is 3.